The van der Waals surface area contributed by atoms with Crippen LogP contribution in [-0.2, 0) is 4.74 Å². The maximum Gasteiger partial charge on any atom is 0.410 e. The Morgan fingerprint density at radius 2 is 2.04 bits per heavy atom. The van der Waals surface area contributed by atoms with E-state index in [0.29, 0.717) is 12.5 Å². The lowest BCUT2D eigenvalue weighted by Crippen LogP contribution is -2.45. The number of nitrogens with one attached hydrogen (secondary N) is 1. The van der Waals surface area contributed by atoms with E-state index in [4.69, 9.17) is 4.74 Å². The molecule has 0 radical (unpaired) electrons. The molecule has 1 aromatic carbocycles. The van der Waals surface area contributed by atoms with Gasteiger partial charge in [-0.25, -0.2) is 9.18 Å². The number of rotatable bonds is 4. The van der Waals surface area contributed by atoms with Crippen LogP contribution in [0.2, 0.25) is 0 Å². The van der Waals surface area contributed by atoms with E-state index in [1.807, 2.05) is 44.9 Å². The van der Waals surface area contributed by atoms with Crippen LogP contribution < -0.4 is 5.32 Å². The fourth-order valence-corrected chi connectivity index (χ4v) is 3.32. The number of likely N-dealkylation sites (N-methyl/N-ethyl adjacent to an activating group) is 1. The molecule has 1 aliphatic rings. The second-order valence-corrected chi connectivity index (χ2v) is 7.54. The highest BCUT2D eigenvalue weighted by Gasteiger charge is 2.32. The molecule has 0 spiro atoms. The fraction of sp³-hybridized carbons (Fsp3) is 0.632. The first-order chi connectivity index (χ1) is 11.3. The van der Waals surface area contributed by atoms with E-state index in [2.05, 4.69) is 5.32 Å². The number of carbonyl (C=O) groups excluding carboxylic acids is 1. The lowest BCUT2D eigenvalue weighted by atomic mass is 9.81. The van der Waals surface area contributed by atoms with Gasteiger partial charge in [0.15, 0.2) is 0 Å². The van der Waals surface area contributed by atoms with Gasteiger partial charge in [-0.05, 0) is 64.3 Å². The maximum atomic E-state index is 13.2. The van der Waals surface area contributed by atoms with Crippen LogP contribution >= 0.6 is 0 Å². The average Bonchev–Trinajstić information content (AvgIpc) is 2.52. The molecule has 5 heteroatoms. The Kier molecular flexibility index (Phi) is 6.21. The molecule has 4 nitrogen and oxygen atoms in total. The minimum absolute atomic E-state index is 0.221. The predicted molar refractivity (Wildman–Crippen MR) is 93.6 cm³/mol. The Bertz CT molecular complexity index is 539. The van der Waals surface area contributed by atoms with Gasteiger partial charge in [-0.3, -0.25) is 0 Å². The quantitative estimate of drug-likeness (QED) is 0.910. The van der Waals surface area contributed by atoms with E-state index in [9.17, 15) is 9.18 Å². The highest BCUT2D eigenvalue weighted by molar-refractivity contribution is 5.68. The van der Waals surface area contributed by atoms with Gasteiger partial charge in [0, 0.05) is 25.6 Å². The summed E-state index contributed by atoms with van der Waals surface area (Å²) in [6, 6.07) is 6.71. The summed E-state index contributed by atoms with van der Waals surface area (Å²) in [7, 11) is 1.92. The lowest BCUT2D eigenvalue weighted by Gasteiger charge is -2.37. The molecule has 0 saturated carbocycles. The molecule has 2 atom stereocenters. The van der Waals surface area contributed by atoms with Gasteiger partial charge in [0.1, 0.15) is 11.4 Å². The number of hydrogen-bond donors (Lipinski definition) is 1. The number of piperidine rings is 1. The van der Waals surface area contributed by atoms with Crippen LogP contribution in [0.15, 0.2) is 24.3 Å². The molecule has 0 bridgehead atoms. The molecule has 1 N–H and O–H groups in total. The van der Waals surface area contributed by atoms with E-state index in [-0.39, 0.29) is 17.8 Å². The molecular weight excluding hydrogens is 307 g/mol. The van der Waals surface area contributed by atoms with E-state index in [0.717, 1.165) is 31.5 Å². The Morgan fingerprint density at radius 1 is 1.38 bits per heavy atom. The smallest absolute Gasteiger partial charge is 0.410 e. The van der Waals surface area contributed by atoms with E-state index in [1.54, 1.807) is 0 Å². The number of carbonyl (C=O) groups is 1. The van der Waals surface area contributed by atoms with Crippen molar-refractivity contribution in [2.45, 2.75) is 45.1 Å². The van der Waals surface area contributed by atoms with Gasteiger partial charge in [-0.15, -0.1) is 0 Å². The van der Waals surface area contributed by atoms with Crippen LogP contribution in [0.25, 0.3) is 0 Å². The second kappa shape index (κ2) is 7.97. The SMILES string of the molecule is CNCC(c1ccc(F)cc1)C1CCCN(C(=O)OC(C)(C)C)C1. The molecule has 24 heavy (non-hydrogen) atoms. The van der Waals surface area contributed by atoms with Crippen molar-refractivity contribution in [3.63, 3.8) is 0 Å². The lowest BCUT2D eigenvalue weighted by molar-refractivity contribution is 0.0151. The Morgan fingerprint density at radius 3 is 2.62 bits per heavy atom. The first-order valence-corrected chi connectivity index (χ1v) is 8.68. The van der Waals surface area contributed by atoms with E-state index in [1.165, 1.54) is 12.1 Å². The van der Waals surface area contributed by atoms with Crippen molar-refractivity contribution in [1.29, 1.82) is 0 Å². The summed E-state index contributed by atoms with van der Waals surface area (Å²) in [5, 5.41) is 3.23. The third kappa shape index (κ3) is 5.20. The number of benzene rings is 1. The summed E-state index contributed by atoms with van der Waals surface area (Å²) in [5.41, 5.74) is 0.632. The maximum absolute atomic E-state index is 13.2. The van der Waals surface area contributed by atoms with Gasteiger partial charge in [0.2, 0.25) is 0 Å². The standard InChI is InChI=1S/C19H29FN2O2/c1-19(2,3)24-18(23)22-11-5-6-15(13-22)17(12-21-4)14-7-9-16(20)10-8-14/h7-10,15,17,21H,5-6,11-13H2,1-4H3. The Hall–Kier alpha value is -1.62. The average molecular weight is 336 g/mol. The van der Waals surface area contributed by atoms with Crippen LogP contribution in [0.1, 0.15) is 45.1 Å². The normalized spacial score (nSPS) is 19.9. The number of halogens is 1. The molecule has 134 valence electrons. The van der Waals surface area contributed by atoms with Crippen LogP contribution in [0.5, 0.6) is 0 Å². The van der Waals surface area contributed by atoms with Gasteiger partial charge in [-0.2, -0.15) is 0 Å². The van der Waals surface area contributed by atoms with Gasteiger partial charge < -0.3 is 15.0 Å². The van der Waals surface area contributed by atoms with Crippen LogP contribution in [-0.4, -0.2) is 43.3 Å². The molecule has 1 saturated heterocycles. The molecule has 0 aromatic heterocycles. The van der Waals surface area contributed by atoms with E-state index >= 15 is 0 Å². The zero-order valence-corrected chi connectivity index (χ0v) is 15.1. The number of nitrogens with zero attached hydrogens (tertiary/aromatic N) is 1. The summed E-state index contributed by atoms with van der Waals surface area (Å²) < 4.78 is 18.7. The van der Waals surface area contributed by atoms with Crippen molar-refractivity contribution in [2.75, 3.05) is 26.7 Å². The molecule has 1 aliphatic heterocycles. The van der Waals surface area contributed by atoms with Crippen LogP contribution in [0.4, 0.5) is 9.18 Å². The number of ether oxygens (including phenoxy) is 1. The molecule has 0 aliphatic carbocycles. The van der Waals surface area contributed by atoms with Crippen molar-refractivity contribution >= 4 is 6.09 Å². The van der Waals surface area contributed by atoms with Gasteiger partial charge >= 0.3 is 6.09 Å². The molecular formula is C19H29FN2O2. The molecule has 1 aromatic rings. The molecule has 2 unspecified atom stereocenters. The topological polar surface area (TPSA) is 41.6 Å². The van der Waals surface area contributed by atoms with E-state index < -0.39 is 5.60 Å². The zero-order valence-electron chi connectivity index (χ0n) is 15.1. The summed E-state index contributed by atoms with van der Waals surface area (Å²) in [5.74, 6) is 0.367. The predicted octanol–water partition coefficient (Wildman–Crippen LogP) is 3.78. The second-order valence-electron chi connectivity index (χ2n) is 7.54. The minimum atomic E-state index is -0.481. The van der Waals surface area contributed by atoms with Crippen LogP contribution in [0.3, 0.4) is 0 Å². The van der Waals surface area contributed by atoms with Crippen LogP contribution in [0, 0.1) is 11.7 Å². The Labute approximate surface area is 144 Å². The highest BCUT2D eigenvalue weighted by atomic mass is 19.1. The minimum Gasteiger partial charge on any atom is -0.444 e. The van der Waals surface area contributed by atoms with Gasteiger partial charge in [-0.1, -0.05) is 12.1 Å². The number of amides is 1. The summed E-state index contributed by atoms with van der Waals surface area (Å²) in [6.45, 7) is 7.87. The number of likely N-dealkylation sites (tertiary alicyclic amines) is 1. The van der Waals surface area contributed by atoms with Crippen molar-refractivity contribution in [3.8, 4) is 0 Å². The zero-order chi connectivity index (χ0) is 17.7. The third-order valence-electron chi connectivity index (χ3n) is 4.40. The first kappa shape index (κ1) is 18.7. The molecule has 1 heterocycles. The highest BCUT2D eigenvalue weighted by Crippen LogP contribution is 2.32. The summed E-state index contributed by atoms with van der Waals surface area (Å²) in [4.78, 5) is 14.2. The van der Waals surface area contributed by atoms with Gasteiger partial charge in [0.05, 0.1) is 0 Å². The largest absolute Gasteiger partial charge is 0.444 e. The number of hydrogen-bond acceptors (Lipinski definition) is 3. The fourth-order valence-electron chi connectivity index (χ4n) is 3.32. The summed E-state index contributed by atoms with van der Waals surface area (Å²) >= 11 is 0. The van der Waals surface area contributed by atoms with Crippen molar-refractivity contribution < 1.29 is 13.9 Å². The van der Waals surface area contributed by atoms with Crippen molar-refractivity contribution in [1.82, 2.24) is 10.2 Å². The third-order valence-corrected chi connectivity index (χ3v) is 4.40. The van der Waals surface area contributed by atoms with Crippen molar-refractivity contribution in [3.05, 3.63) is 35.6 Å². The van der Waals surface area contributed by atoms with Crippen molar-refractivity contribution in [2.24, 2.45) is 5.92 Å². The molecule has 1 amide bonds. The monoisotopic (exact) mass is 336 g/mol. The molecule has 2 rings (SSSR count). The summed E-state index contributed by atoms with van der Waals surface area (Å²) in [6.07, 6.45) is 1.78. The molecule has 1 fully saturated rings. The Balaban J connectivity index is 2.09. The van der Waals surface area contributed by atoms with Gasteiger partial charge in [0.25, 0.3) is 0 Å². The first-order valence-electron chi connectivity index (χ1n) is 8.68.